The summed E-state index contributed by atoms with van der Waals surface area (Å²) in [6, 6.07) is 0. The molecule has 0 bridgehead atoms. The Balaban J connectivity index is 0.739. The molecule has 12 heterocycles. The first kappa shape index (κ1) is 88.6. The van der Waals surface area contributed by atoms with Gasteiger partial charge >= 0.3 is 73.3 Å². The van der Waals surface area contributed by atoms with E-state index < -0.39 is 276 Å². The van der Waals surface area contributed by atoms with Crippen molar-refractivity contribution in [2.45, 2.75) is 191 Å². The van der Waals surface area contributed by atoms with Crippen LogP contribution in [-0.2, 0) is 96.5 Å². The zero-order chi connectivity index (χ0) is 85.0. The highest BCUT2D eigenvalue weighted by atomic mass is 31.2. The number of phosphoric acid groups is 5. The van der Waals surface area contributed by atoms with Gasteiger partial charge in [-0.3, -0.25) is 131 Å². The third kappa shape index (κ3) is 21.0. The Kier molecular flexibility index (Phi) is 26.6. The van der Waals surface area contributed by atoms with Crippen molar-refractivity contribution in [2.24, 2.45) is 5.73 Å². The summed E-state index contributed by atoms with van der Waals surface area (Å²) in [5.41, 5.74) is -4.87. The number of nitrogens with one attached hydrogen (secondary N) is 6. The number of aliphatic hydroxyl groups is 1. The summed E-state index contributed by atoms with van der Waals surface area (Å²) in [6.07, 6.45) is -24.8. The van der Waals surface area contributed by atoms with Crippen LogP contribution in [0.1, 0.15) is 109 Å². The molecule has 0 saturated carbocycles. The van der Waals surface area contributed by atoms with Crippen LogP contribution in [0.4, 0.5) is 0 Å². The second kappa shape index (κ2) is 35.2. The first-order valence-corrected chi connectivity index (χ1v) is 42.8. The Morgan fingerprint density at radius 1 is 0.316 bits per heavy atom. The minimum Gasteiger partial charge on any atom is -0.390 e. The smallest absolute Gasteiger partial charge is 0.390 e. The molecule has 644 valence electrons. The van der Waals surface area contributed by atoms with Crippen molar-refractivity contribution in [1.82, 2.24) is 57.3 Å². The number of nitrogens with zero attached hydrogens (tertiary/aromatic N) is 6. The lowest BCUT2D eigenvalue weighted by atomic mass is 10.2. The van der Waals surface area contributed by atoms with Crippen LogP contribution in [0.15, 0.2) is 94.7 Å². The average Bonchev–Trinajstić information content (AvgIpc) is 1.68. The summed E-state index contributed by atoms with van der Waals surface area (Å²) in [4.78, 5) is 221. The number of hydrogen-bond acceptors (Lipinski definition) is 35. The molecule has 6 aromatic heterocycles. The van der Waals surface area contributed by atoms with Gasteiger partial charge in [-0.1, -0.05) is 0 Å². The number of H-pyrrole nitrogens is 6. The van der Waals surface area contributed by atoms with Crippen LogP contribution < -0.4 is 73.2 Å². The fourth-order valence-electron chi connectivity index (χ4n) is 13.4. The Morgan fingerprint density at radius 2 is 0.487 bits per heavy atom. The number of ether oxygens (including phenoxy) is 6. The minimum absolute atomic E-state index is 0.0256. The van der Waals surface area contributed by atoms with Crippen molar-refractivity contribution in [2.75, 3.05) is 39.6 Å². The highest BCUT2D eigenvalue weighted by Crippen LogP contribution is 2.56. The zero-order valence-corrected chi connectivity index (χ0v) is 66.5. The zero-order valence-electron chi connectivity index (χ0n) is 62.0. The van der Waals surface area contributed by atoms with Gasteiger partial charge in [-0.15, -0.1) is 0 Å². The fourth-order valence-corrected chi connectivity index (χ4v) is 18.2. The predicted octanol–water partition coefficient (Wildman–Crippen LogP) is -3.31. The monoisotopic (exact) mass is 1760 g/mol. The van der Waals surface area contributed by atoms with Crippen molar-refractivity contribution >= 4 is 39.1 Å². The number of aliphatic hydroxyl groups excluding tert-OH is 1. The van der Waals surface area contributed by atoms with Gasteiger partial charge in [0.15, 0.2) is 0 Å². The lowest BCUT2D eigenvalue weighted by molar-refractivity contribution is -0.0653. The molecule has 52 nitrogen and oxygen atoms in total. The maximum absolute atomic E-state index is 14.3. The van der Waals surface area contributed by atoms with Gasteiger partial charge in [0.1, 0.15) is 98.4 Å². The van der Waals surface area contributed by atoms with Crippen LogP contribution in [0.3, 0.4) is 0 Å². The summed E-state index contributed by atoms with van der Waals surface area (Å²) < 4.78 is 165. The van der Waals surface area contributed by atoms with Crippen LogP contribution in [-0.4, -0.2) is 200 Å². The largest absolute Gasteiger partial charge is 0.472 e. The van der Waals surface area contributed by atoms with Crippen LogP contribution in [0.2, 0.25) is 0 Å². The molecule has 6 saturated heterocycles. The Bertz CT molecular complexity index is 5790. The first-order chi connectivity index (χ1) is 54.8. The van der Waals surface area contributed by atoms with E-state index in [0.717, 1.165) is 52.2 Å². The molecule has 0 aromatic carbocycles. The molecule has 57 heteroatoms. The topological polar surface area (TPSA) is 710 Å². The highest BCUT2D eigenvalue weighted by molar-refractivity contribution is 7.48. The molecular weight excluding hydrogens is 1680 g/mol. The molecular formula is C60H80N13O39P5. The molecule has 12 rings (SSSR count). The standard InChI is InChI=1S/C60H80N13O39P5/c1-25-14-68(55(81)62-49(25)75)43-7-31(74)38(103-43)20-97-113(87,88)109-33-9-45(70-16-27(3)51(77)64-57(70)83)105-40(33)22-99-115(91,92)111-35-11-47(72-18-29(5)53(79)66-59(72)85)107-42(35)24-101-117(95,96)112-36-12-48(73-19-30(6)54(80)67-60(73)86)106-41(36)23-100-116(93,94)110-34-10-46(71-17-28(4)52(78)65-58(71)84)104-39(34)21-98-114(89,90)108-32-8-44(102-37(32)13-61)69-15-26(2)50(76)63-56(69)82/h14-19,31-48,74H,7-13,20-24,61H2,1-6H3,(H,87,88)(H,89,90)(H,91,92)(H,93,94)(H,95,96)(H,62,75,81)(H,63,76,82)(H,64,77,83)(H,65,78,84)(H,66,79,85)(H,67,80,86)/t31-,32-,33-,34-,35-,36-,37+,38+,39+,40+,41+,42+,43+,44+,45+,46+,47+,48+/m0/s1. The van der Waals surface area contributed by atoms with E-state index >= 15 is 0 Å². The van der Waals surface area contributed by atoms with Crippen molar-refractivity contribution in [3.63, 3.8) is 0 Å². The molecule has 14 N–H and O–H groups in total. The van der Waals surface area contributed by atoms with Gasteiger partial charge in [-0.2, -0.15) is 0 Å². The molecule has 6 fully saturated rings. The normalized spacial score (nSPS) is 30.0. The van der Waals surface area contributed by atoms with Crippen molar-refractivity contribution in [1.29, 1.82) is 0 Å². The number of rotatable bonds is 32. The second-order valence-electron chi connectivity index (χ2n) is 27.9. The van der Waals surface area contributed by atoms with Gasteiger partial charge < -0.3 is 63.7 Å². The summed E-state index contributed by atoms with van der Waals surface area (Å²) in [7, 11) is -27.7. The molecule has 0 spiro atoms. The maximum Gasteiger partial charge on any atom is 0.472 e. The van der Waals surface area contributed by atoms with E-state index in [2.05, 4.69) is 19.9 Å². The van der Waals surface area contributed by atoms with Crippen molar-refractivity contribution < 1.29 is 126 Å². The van der Waals surface area contributed by atoms with E-state index in [1.165, 1.54) is 53.9 Å². The lowest BCUT2D eigenvalue weighted by Crippen LogP contribution is -2.34. The molecule has 0 radical (unpaired) electrons. The van der Waals surface area contributed by atoms with Gasteiger partial charge in [0.25, 0.3) is 33.4 Å². The van der Waals surface area contributed by atoms with Gasteiger partial charge in [-0.05, 0) is 41.5 Å². The molecule has 6 aliphatic heterocycles. The van der Waals surface area contributed by atoms with E-state index in [4.69, 9.17) is 79.4 Å². The summed E-state index contributed by atoms with van der Waals surface area (Å²) in [6.45, 7) is 2.23. The van der Waals surface area contributed by atoms with E-state index in [1.54, 1.807) is 0 Å². The van der Waals surface area contributed by atoms with E-state index in [9.17, 15) is 110 Å². The molecule has 6 aromatic rings. The van der Waals surface area contributed by atoms with Crippen LogP contribution in [0.25, 0.3) is 0 Å². The fraction of sp³-hybridized carbons (Fsp3) is 0.600. The molecule has 0 amide bonds. The second-order valence-corrected chi connectivity index (χ2v) is 34.9. The minimum atomic E-state index is -5.70. The summed E-state index contributed by atoms with van der Waals surface area (Å²) >= 11 is 0. The Hall–Kier alpha value is -7.69. The number of phosphoric ester groups is 5. The van der Waals surface area contributed by atoms with E-state index in [0.29, 0.717) is 0 Å². The first-order valence-electron chi connectivity index (χ1n) is 35.3. The molecule has 5 unspecified atom stereocenters. The van der Waals surface area contributed by atoms with Crippen LogP contribution >= 0.6 is 39.1 Å². The lowest BCUT2D eigenvalue weighted by Gasteiger charge is -2.26. The number of aromatic nitrogens is 12. The van der Waals surface area contributed by atoms with Crippen LogP contribution in [0.5, 0.6) is 0 Å². The van der Waals surface area contributed by atoms with Gasteiger partial charge in [-0.25, -0.2) is 51.6 Å². The summed E-state index contributed by atoms with van der Waals surface area (Å²) in [5.74, 6) is 0. The van der Waals surface area contributed by atoms with E-state index in [1.807, 2.05) is 9.97 Å². The average molecular weight is 1760 g/mol. The predicted molar refractivity (Wildman–Crippen MR) is 386 cm³/mol. The maximum atomic E-state index is 14.3. The Labute approximate surface area is 651 Å². The summed E-state index contributed by atoms with van der Waals surface area (Å²) in [5, 5.41) is 10.8. The number of aryl methyl sites for hydroxylation is 6. The van der Waals surface area contributed by atoms with Crippen molar-refractivity contribution in [3.8, 4) is 0 Å². The van der Waals surface area contributed by atoms with Crippen LogP contribution in [0, 0.1) is 41.5 Å². The number of nitrogens with two attached hydrogens (primary N) is 1. The van der Waals surface area contributed by atoms with Gasteiger partial charge in [0, 0.05) is 116 Å². The molecule has 6 aliphatic rings. The third-order valence-electron chi connectivity index (χ3n) is 19.4. The van der Waals surface area contributed by atoms with E-state index in [-0.39, 0.29) is 52.8 Å². The molecule has 23 atom stereocenters. The SMILES string of the molecule is Cc1cn([C@H]2C[C@H](OP(=O)(O)OC[C@H]3O[C@@H](n4cc(C)c(=O)[nH]c4=O)C[C@@H]3OP(=O)(O)OC[C@H]3O[C@@H](n4cc(C)c(=O)[nH]c4=O)C[C@@H]3OP(=O)(O)OC[C@H]3O[C@@H](n4cc(C)c(=O)[nH]c4=O)C[C@@H]3OP(=O)(O)OC[C@H]3O[C@@H](n4cc(C)c(=O)[nH]c4=O)C[C@@H]3OP(=O)(O)OC[C@H]3O[C@@H](n4cc(C)c(=O)[nH]c4=O)C[C@@H]3O)[C@@H](CN)O2)c(=O)[nH]c1=O. The number of hydrogen-bond donors (Lipinski definition) is 13. The Morgan fingerprint density at radius 3 is 0.692 bits per heavy atom. The van der Waals surface area contributed by atoms with Gasteiger partial charge in [0.05, 0.1) is 45.2 Å². The van der Waals surface area contributed by atoms with Gasteiger partial charge in [0.2, 0.25) is 0 Å². The molecule has 117 heavy (non-hydrogen) atoms. The third-order valence-corrected chi connectivity index (χ3v) is 24.5. The number of aromatic amines is 6. The quantitative estimate of drug-likeness (QED) is 0.0184. The molecule has 0 aliphatic carbocycles. The van der Waals surface area contributed by atoms with Crippen molar-refractivity contribution in [3.05, 3.63) is 196 Å². The highest BCUT2D eigenvalue weighted by Gasteiger charge is 2.51.